The average molecular weight is 455 g/mol. The molecule has 0 aromatic heterocycles. The van der Waals surface area contributed by atoms with E-state index in [2.05, 4.69) is 19.2 Å². The number of thioether (sulfide) groups is 1. The van der Waals surface area contributed by atoms with Gasteiger partial charge in [-0.3, -0.25) is 14.6 Å². The van der Waals surface area contributed by atoms with Crippen LogP contribution >= 0.6 is 23.4 Å². The van der Waals surface area contributed by atoms with Crippen LogP contribution < -0.4 is 5.32 Å². The number of amides is 2. The maximum absolute atomic E-state index is 13.2. The number of hydrogen-bond acceptors (Lipinski definition) is 5. The van der Waals surface area contributed by atoms with Gasteiger partial charge in [0.25, 0.3) is 5.91 Å². The number of rotatable bonds is 5. The molecule has 0 saturated heterocycles. The third kappa shape index (κ3) is 4.52. The van der Waals surface area contributed by atoms with E-state index in [1.807, 2.05) is 24.3 Å². The van der Waals surface area contributed by atoms with Gasteiger partial charge in [-0.15, -0.1) is 0 Å². The zero-order valence-electron chi connectivity index (χ0n) is 17.5. The number of hydrogen-bond donors (Lipinski definition) is 1. The highest BCUT2D eigenvalue weighted by molar-refractivity contribution is 8.15. The van der Waals surface area contributed by atoms with Crippen molar-refractivity contribution in [2.75, 3.05) is 5.32 Å². The summed E-state index contributed by atoms with van der Waals surface area (Å²) in [5.41, 5.74) is 2.25. The molecule has 31 heavy (non-hydrogen) atoms. The quantitative estimate of drug-likeness (QED) is 0.682. The Hall–Kier alpha value is -2.64. The summed E-state index contributed by atoms with van der Waals surface area (Å²) >= 11 is 7.16. The normalized spacial score (nSPS) is 18.3. The van der Waals surface area contributed by atoms with E-state index in [-0.39, 0.29) is 11.8 Å². The number of anilines is 1. The molecule has 0 fully saturated rings. The van der Waals surface area contributed by atoms with Gasteiger partial charge < -0.3 is 5.32 Å². The number of halogens is 1. The van der Waals surface area contributed by atoms with Gasteiger partial charge in [-0.1, -0.05) is 49.3 Å². The number of aliphatic imine (C=N–C) groups is 2. The topological polar surface area (TPSA) is 74.1 Å². The molecule has 0 radical (unpaired) electrons. The Balaban J connectivity index is 1.58. The predicted molar refractivity (Wildman–Crippen MR) is 127 cm³/mol. The molecule has 2 aromatic rings. The SMILES string of the molecule is CC(C)C[C@H]1N=C2c3ccccc3N=C(S[C@H](C)C(=O)Nc3ccc(Cl)cc3)N2C1=O. The first-order valence-electron chi connectivity index (χ1n) is 10.2. The molecule has 2 aromatic carbocycles. The van der Waals surface area contributed by atoms with Gasteiger partial charge in [-0.25, -0.2) is 9.89 Å². The van der Waals surface area contributed by atoms with Crippen LogP contribution in [0.25, 0.3) is 0 Å². The lowest BCUT2D eigenvalue weighted by molar-refractivity contribution is -0.125. The average Bonchev–Trinajstić information content (AvgIpc) is 3.06. The van der Waals surface area contributed by atoms with Crippen LogP contribution in [0.15, 0.2) is 58.5 Å². The number of carbonyl (C=O) groups excluding carboxylic acids is 2. The van der Waals surface area contributed by atoms with Crippen molar-refractivity contribution < 1.29 is 9.59 Å². The molecular formula is C23H23ClN4O2S. The molecule has 8 heteroatoms. The number of fused-ring (bicyclic) bond motifs is 3. The van der Waals surface area contributed by atoms with Crippen LogP contribution in [-0.2, 0) is 9.59 Å². The van der Waals surface area contributed by atoms with Crippen LogP contribution in [0, 0.1) is 5.92 Å². The fourth-order valence-corrected chi connectivity index (χ4v) is 4.51. The van der Waals surface area contributed by atoms with Crippen LogP contribution in [0.2, 0.25) is 5.02 Å². The molecule has 0 unspecified atom stereocenters. The van der Waals surface area contributed by atoms with E-state index < -0.39 is 11.3 Å². The first-order valence-corrected chi connectivity index (χ1v) is 11.4. The smallest absolute Gasteiger partial charge is 0.259 e. The molecule has 4 rings (SSSR count). The summed E-state index contributed by atoms with van der Waals surface area (Å²) < 4.78 is 0. The third-order valence-corrected chi connectivity index (χ3v) is 6.31. The predicted octanol–water partition coefficient (Wildman–Crippen LogP) is 5.11. The Morgan fingerprint density at radius 2 is 1.87 bits per heavy atom. The summed E-state index contributed by atoms with van der Waals surface area (Å²) in [4.78, 5) is 36.9. The molecule has 0 bridgehead atoms. The van der Waals surface area contributed by atoms with Gasteiger partial charge in [0.15, 0.2) is 5.17 Å². The van der Waals surface area contributed by atoms with Crippen molar-refractivity contribution in [1.29, 1.82) is 0 Å². The zero-order chi connectivity index (χ0) is 22.1. The largest absolute Gasteiger partial charge is 0.325 e. The van der Waals surface area contributed by atoms with E-state index in [0.717, 1.165) is 11.3 Å². The lowest BCUT2D eigenvalue weighted by Gasteiger charge is -2.27. The highest BCUT2D eigenvalue weighted by Gasteiger charge is 2.42. The number of nitrogens with one attached hydrogen (secondary N) is 1. The van der Waals surface area contributed by atoms with E-state index in [1.54, 1.807) is 36.1 Å². The van der Waals surface area contributed by atoms with Crippen LogP contribution in [-0.4, -0.2) is 39.0 Å². The van der Waals surface area contributed by atoms with Crippen LogP contribution in [0.1, 0.15) is 32.8 Å². The van der Waals surface area contributed by atoms with E-state index >= 15 is 0 Å². The number of para-hydroxylation sites is 1. The van der Waals surface area contributed by atoms with E-state index in [4.69, 9.17) is 21.6 Å². The Bertz CT molecular complexity index is 1080. The molecule has 0 saturated carbocycles. The van der Waals surface area contributed by atoms with Gasteiger partial charge in [0.2, 0.25) is 5.91 Å². The van der Waals surface area contributed by atoms with Gasteiger partial charge in [-0.2, -0.15) is 0 Å². The van der Waals surface area contributed by atoms with E-state index in [9.17, 15) is 9.59 Å². The van der Waals surface area contributed by atoms with Crippen molar-refractivity contribution >= 4 is 57.6 Å². The second-order valence-corrected chi connectivity index (χ2v) is 9.68. The van der Waals surface area contributed by atoms with Crippen molar-refractivity contribution in [2.45, 2.75) is 38.5 Å². The van der Waals surface area contributed by atoms with Crippen LogP contribution in [0.3, 0.4) is 0 Å². The molecule has 2 atom stereocenters. The Morgan fingerprint density at radius 1 is 1.16 bits per heavy atom. The molecule has 160 valence electrons. The number of amidine groups is 2. The second-order valence-electron chi connectivity index (χ2n) is 7.94. The summed E-state index contributed by atoms with van der Waals surface area (Å²) in [5, 5.41) is 3.48. The standard InChI is InChI=1S/C23H23ClN4O2S/c1-13(2)12-19-22(30)28-20(26-19)17-6-4-5-7-18(17)27-23(28)31-14(3)21(29)25-16-10-8-15(24)9-11-16/h4-11,13-14,19H,12H2,1-3H3,(H,25,29)/t14-,19-/m1/s1. The minimum Gasteiger partial charge on any atom is -0.325 e. The van der Waals surface area contributed by atoms with Gasteiger partial charge in [0, 0.05) is 16.3 Å². The third-order valence-electron chi connectivity index (χ3n) is 5.01. The van der Waals surface area contributed by atoms with Gasteiger partial charge in [0.1, 0.15) is 11.9 Å². The Kier molecular flexibility index (Phi) is 6.16. The lowest BCUT2D eigenvalue weighted by atomic mass is 10.0. The van der Waals surface area contributed by atoms with E-state index in [0.29, 0.717) is 34.1 Å². The summed E-state index contributed by atoms with van der Waals surface area (Å²) in [6.45, 7) is 5.94. The van der Waals surface area contributed by atoms with Crippen molar-refractivity contribution in [3.05, 3.63) is 59.1 Å². The maximum Gasteiger partial charge on any atom is 0.259 e. The summed E-state index contributed by atoms with van der Waals surface area (Å²) in [7, 11) is 0. The minimum absolute atomic E-state index is 0.0882. The second kappa shape index (κ2) is 8.85. The summed E-state index contributed by atoms with van der Waals surface area (Å²) in [5.74, 6) is 0.689. The van der Waals surface area contributed by atoms with Gasteiger partial charge in [-0.05, 0) is 55.7 Å². The first kappa shape index (κ1) is 21.6. The van der Waals surface area contributed by atoms with E-state index in [1.165, 1.54) is 11.8 Å². The van der Waals surface area contributed by atoms with Crippen LogP contribution in [0.5, 0.6) is 0 Å². The van der Waals surface area contributed by atoms with Crippen molar-refractivity contribution in [3.63, 3.8) is 0 Å². The van der Waals surface area contributed by atoms with Crippen LogP contribution in [0.4, 0.5) is 11.4 Å². The Labute approximate surface area is 190 Å². The monoisotopic (exact) mass is 454 g/mol. The lowest BCUT2D eigenvalue weighted by Crippen LogP contribution is -2.42. The molecule has 6 nitrogen and oxygen atoms in total. The number of nitrogens with zero attached hydrogens (tertiary/aromatic N) is 3. The highest BCUT2D eigenvalue weighted by Crippen LogP contribution is 2.35. The minimum atomic E-state index is -0.474. The highest BCUT2D eigenvalue weighted by atomic mass is 35.5. The van der Waals surface area contributed by atoms with Gasteiger partial charge >= 0.3 is 0 Å². The molecule has 2 heterocycles. The number of carbonyl (C=O) groups is 2. The molecule has 0 spiro atoms. The molecular weight excluding hydrogens is 432 g/mol. The fraction of sp³-hybridized carbons (Fsp3) is 0.304. The van der Waals surface area contributed by atoms with Gasteiger partial charge in [0.05, 0.1) is 10.9 Å². The van der Waals surface area contributed by atoms with Crippen molar-refractivity contribution in [1.82, 2.24) is 4.90 Å². The molecule has 2 aliphatic rings. The molecule has 0 aliphatic carbocycles. The molecule has 2 aliphatic heterocycles. The zero-order valence-corrected chi connectivity index (χ0v) is 19.1. The van der Waals surface area contributed by atoms with Crippen molar-refractivity contribution in [3.8, 4) is 0 Å². The van der Waals surface area contributed by atoms with Crippen molar-refractivity contribution in [2.24, 2.45) is 15.9 Å². The molecule has 2 amide bonds. The summed E-state index contributed by atoms with van der Waals surface area (Å²) in [6, 6.07) is 14.1. The molecule has 1 N–H and O–H groups in total. The number of benzene rings is 2. The Morgan fingerprint density at radius 3 is 2.58 bits per heavy atom. The first-order chi connectivity index (χ1) is 14.8. The summed E-state index contributed by atoms with van der Waals surface area (Å²) in [6.07, 6.45) is 0.672. The maximum atomic E-state index is 13.2. The fourth-order valence-electron chi connectivity index (χ4n) is 3.47.